The first-order chi connectivity index (χ1) is 9.58. The zero-order valence-corrected chi connectivity index (χ0v) is 13.0. The van der Waals surface area contributed by atoms with Crippen molar-refractivity contribution >= 4 is 17.5 Å². The van der Waals surface area contributed by atoms with Crippen molar-refractivity contribution in [3.63, 3.8) is 0 Å². The highest BCUT2D eigenvalue weighted by Crippen LogP contribution is 2.23. The number of halogens is 1. The fourth-order valence-electron chi connectivity index (χ4n) is 2.57. The van der Waals surface area contributed by atoms with Gasteiger partial charge in [0.1, 0.15) is 6.04 Å². The van der Waals surface area contributed by atoms with Crippen LogP contribution in [0.5, 0.6) is 0 Å². The molecule has 7 heteroatoms. The summed E-state index contributed by atoms with van der Waals surface area (Å²) in [4.78, 5) is 14.1. The Morgan fingerprint density at radius 2 is 2.35 bits per heavy atom. The number of hydrogen-bond acceptors (Lipinski definition) is 4. The fourth-order valence-corrected chi connectivity index (χ4v) is 2.77. The van der Waals surface area contributed by atoms with Crippen molar-refractivity contribution in [2.45, 2.75) is 33.0 Å². The Kier molecular flexibility index (Phi) is 5.01. The van der Waals surface area contributed by atoms with E-state index in [1.807, 2.05) is 18.5 Å². The van der Waals surface area contributed by atoms with Crippen LogP contribution in [0, 0.1) is 6.92 Å². The molecule has 0 spiro atoms. The second-order valence-corrected chi connectivity index (χ2v) is 5.34. The van der Waals surface area contributed by atoms with Crippen molar-refractivity contribution in [2.24, 2.45) is 0 Å². The number of likely N-dealkylation sites (N-methyl/N-ethyl adjacent to an activating group) is 1. The van der Waals surface area contributed by atoms with Crippen LogP contribution < -0.4 is 10.6 Å². The lowest BCUT2D eigenvalue weighted by Gasteiger charge is -2.34. The molecule has 2 N–H and O–H groups in total. The van der Waals surface area contributed by atoms with Gasteiger partial charge in [-0.25, -0.2) is 0 Å². The molecule has 20 heavy (non-hydrogen) atoms. The van der Waals surface area contributed by atoms with Gasteiger partial charge in [0.15, 0.2) is 0 Å². The molecular weight excluding hydrogens is 278 g/mol. The summed E-state index contributed by atoms with van der Waals surface area (Å²) < 4.78 is 1.92. The SMILES string of the molecule is CCn1nc(C)c(Cl)c1CN1CCNCC1C(=O)NC. The molecule has 0 radical (unpaired) electrons. The quantitative estimate of drug-likeness (QED) is 0.844. The van der Waals surface area contributed by atoms with E-state index in [4.69, 9.17) is 11.6 Å². The first kappa shape index (κ1) is 15.3. The summed E-state index contributed by atoms with van der Waals surface area (Å²) in [6.07, 6.45) is 0. The number of piperazine rings is 1. The molecule has 6 nitrogen and oxygen atoms in total. The topological polar surface area (TPSA) is 62.2 Å². The number of rotatable bonds is 4. The third kappa shape index (κ3) is 2.97. The van der Waals surface area contributed by atoms with Gasteiger partial charge in [0.25, 0.3) is 0 Å². The van der Waals surface area contributed by atoms with Gasteiger partial charge in [-0.1, -0.05) is 11.6 Å². The highest BCUT2D eigenvalue weighted by Gasteiger charge is 2.29. The molecule has 1 aliphatic rings. The smallest absolute Gasteiger partial charge is 0.238 e. The van der Waals surface area contributed by atoms with Crippen LogP contribution in [0.3, 0.4) is 0 Å². The van der Waals surface area contributed by atoms with Crippen LogP contribution in [0.15, 0.2) is 0 Å². The number of aromatic nitrogens is 2. The van der Waals surface area contributed by atoms with Crippen molar-refractivity contribution in [2.75, 3.05) is 26.7 Å². The van der Waals surface area contributed by atoms with E-state index in [0.29, 0.717) is 18.1 Å². The lowest BCUT2D eigenvalue weighted by Crippen LogP contribution is -2.57. The van der Waals surface area contributed by atoms with Crippen molar-refractivity contribution in [1.29, 1.82) is 0 Å². The third-order valence-electron chi connectivity index (χ3n) is 3.71. The van der Waals surface area contributed by atoms with Gasteiger partial charge in [-0.05, 0) is 13.8 Å². The minimum absolute atomic E-state index is 0.0348. The van der Waals surface area contributed by atoms with Gasteiger partial charge in [-0.15, -0.1) is 0 Å². The van der Waals surface area contributed by atoms with E-state index < -0.39 is 0 Å². The Balaban J connectivity index is 2.20. The predicted molar refractivity (Wildman–Crippen MR) is 78.8 cm³/mol. The van der Waals surface area contributed by atoms with Gasteiger partial charge in [0.2, 0.25) is 5.91 Å². The average molecular weight is 300 g/mol. The Morgan fingerprint density at radius 1 is 1.60 bits per heavy atom. The zero-order valence-electron chi connectivity index (χ0n) is 12.2. The average Bonchev–Trinajstić information content (AvgIpc) is 2.74. The molecule has 1 amide bonds. The minimum Gasteiger partial charge on any atom is -0.358 e. The van der Waals surface area contributed by atoms with E-state index in [1.165, 1.54) is 0 Å². The van der Waals surface area contributed by atoms with Crippen molar-refractivity contribution < 1.29 is 4.79 Å². The van der Waals surface area contributed by atoms with E-state index >= 15 is 0 Å². The van der Waals surface area contributed by atoms with Crippen LogP contribution in [-0.2, 0) is 17.9 Å². The number of hydrogen-bond donors (Lipinski definition) is 2. The van der Waals surface area contributed by atoms with Crippen molar-refractivity contribution in [3.05, 3.63) is 16.4 Å². The predicted octanol–water partition coefficient (Wildman–Crippen LogP) is 0.385. The maximum Gasteiger partial charge on any atom is 0.238 e. The fraction of sp³-hybridized carbons (Fsp3) is 0.692. The molecule has 1 aromatic rings. The number of nitrogens with one attached hydrogen (secondary N) is 2. The van der Waals surface area contributed by atoms with Crippen LogP contribution in [0.4, 0.5) is 0 Å². The molecule has 1 aliphatic heterocycles. The van der Waals surface area contributed by atoms with Crippen LogP contribution in [0.1, 0.15) is 18.3 Å². The van der Waals surface area contributed by atoms with Crippen molar-refractivity contribution in [1.82, 2.24) is 25.3 Å². The van der Waals surface area contributed by atoms with E-state index in [0.717, 1.165) is 31.0 Å². The number of carbonyl (C=O) groups is 1. The lowest BCUT2D eigenvalue weighted by atomic mass is 10.1. The highest BCUT2D eigenvalue weighted by molar-refractivity contribution is 6.31. The maximum atomic E-state index is 12.0. The summed E-state index contributed by atoms with van der Waals surface area (Å²) in [5, 5.41) is 11.1. The molecule has 0 aliphatic carbocycles. The molecule has 0 saturated carbocycles. The van der Waals surface area contributed by atoms with E-state index in [2.05, 4.69) is 20.6 Å². The standard InChI is InChI=1S/C13H22ClN5O/c1-4-19-11(12(14)9(2)17-19)8-18-6-5-16-7-10(18)13(20)15-3/h10,16H,4-8H2,1-3H3,(H,15,20). The molecule has 1 fully saturated rings. The summed E-state index contributed by atoms with van der Waals surface area (Å²) in [6.45, 7) is 7.74. The zero-order chi connectivity index (χ0) is 14.7. The Labute approximate surface area is 124 Å². The molecule has 1 atom stereocenters. The monoisotopic (exact) mass is 299 g/mol. The Bertz CT molecular complexity index is 487. The number of nitrogens with zero attached hydrogens (tertiary/aromatic N) is 3. The number of amides is 1. The van der Waals surface area contributed by atoms with E-state index in [9.17, 15) is 4.79 Å². The van der Waals surface area contributed by atoms with Gasteiger partial charge < -0.3 is 10.6 Å². The Morgan fingerprint density at radius 3 is 3.00 bits per heavy atom. The second-order valence-electron chi connectivity index (χ2n) is 4.97. The van der Waals surface area contributed by atoms with E-state index in [1.54, 1.807) is 7.05 Å². The van der Waals surface area contributed by atoms with Gasteiger partial charge >= 0.3 is 0 Å². The van der Waals surface area contributed by atoms with Crippen LogP contribution in [0.25, 0.3) is 0 Å². The molecule has 2 rings (SSSR count). The molecule has 1 aromatic heterocycles. The van der Waals surface area contributed by atoms with Crippen molar-refractivity contribution in [3.8, 4) is 0 Å². The molecule has 1 unspecified atom stereocenters. The Hall–Kier alpha value is -1.11. The van der Waals surface area contributed by atoms with Crippen LogP contribution >= 0.6 is 11.6 Å². The number of carbonyl (C=O) groups excluding carboxylic acids is 1. The number of aryl methyl sites for hydroxylation is 2. The van der Waals surface area contributed by atoms with Gasteiger partial charge in [0, 0.05) is 39.8 Å². The molecule has 112 valence electrons. The summed E-state index contributed by atoms with van der Waals surface area (Å²) in [5.41, 5.74) is 1.83. The molecular formula is C13H22ClN5O. The summed E-state index contributed by atoms with van der Waals surface area (Å²) in [7, 11) is 1.67. The van der Waals surface area contributed by atoms with Gasteiger partial charge in [-0.3, -0.25) is 14.4 Å². The van der Waals surface area contributed by atoms with Crippen LogP contribution in [-0.4, -0.2) is 53.3 Å². The van der Waals surface area contributed by atoms with Gasteiger partial charge in [0.05, 0.1) is 16.4 Å². The lowest BCUT2D eigenvalue weighted by molar-refractivity contribution is -0.126. The summed E-state index contributed by atoms with van der Waals surface area (Å²) in [5.74, 6) is 0.0348. The first-order valence-electron chi connectivity index (χ1n) is 6.96. The second kappa shape index (κ2) is 6.56. The summed E-state index contributed by atoms with van der Waals surface area (Å²) in [6, 6.07) is -0.162. The minimum atomic E-state index is -0.162. The molecule has 0 aromatic carbocycles. The molecule has 1 saturated heterocycles. The van der Waals surface area contributed by atoms with Gasteiger partial charge in [-0.2, -0.15) is 5.10 Å². The molecule has 0 bridgehead atoms. The van der Waals surface area contributed by atoms with Crippen LogP contribution in [0.2, 0.25) is 5.02 Å². The largest absolute Gasteiger partial charge is 0.358 e. The first-order valence-corrected chi connectivity index (χ1v) is 7.34. The highest BCUT2D eigenvalue weighted by atomic mass is 35.5. The molecule has 2 heterocycles. The normalized spacial score (nSPS) is 20.1. The maximum absolute atomic E-state index is 12.0. The third-order valence-corrected chi connectivity index (χ3v) is 4.20. The summed E-state index contributed by atoms with van der Waals surface area (Å²) >= 11 is 6.35. The van der Waals surface area contributed by atoms with E-state index in [-0.39, 0.29) is 11.9 Å².